The van der Waals surface area contributed by atoms with Crippen LogP contribution in [0.4, 0.5) is 4.39 Å². The average Bonchev–Trinajstić information content (AvgIpc) is 2.31. The first-order chi connectivity index (χ1) is 7.88. The van der Waals surface area contributed by atoms with Gasteiger partial charge in [0.25, 0.3) is 0 Å². The number of benzene rings is 1. The third kappa shape index (κ3) is 3.80. The Hall–Kier alpha value is -0.390. The zero-order valence-electron chi connectivity index (χ0n) is 8.72. The summed E-state index contributed by atoms with van der Waals surface area (Å²) in [6.07, 6.45) is 0. The molecular formula is C11H8Cl2FNaO3. The number of esters is 1. The Kier molecular flexibility index (Phi) is 7.10. The Morgan fingerprint density at radius 3 is 2.33 bits per heavy atom. The van der Waals surface area contributed by atoms with Crippen molar-refractivity contribution in [1.82, 2.24) is 0 Å². The van der Waals surface area contributed by atoms with Crippen molar-refractivity contribution in [3.05, 3.63) is 45.7 Å². The third-order valence-electron chi connectivity index (χ3n) is 1.96. The van der Waals surface area contributed by atoms with Crippen LogP contribution in [-0.2, 0) is 9.53 Å². The van der Waals surface area contributed by atoms with Gasteiger partial charge in [0, 0.05) is 5.56 Å². The molecule has 0 unspecified atom stereocenters. The zero-order chi connectivity index (χ0) is 13.2. The van der Waals surface area contributed by atoms with Crippen molar-refractivity contribution in [1.29, 1.82) is 0 Å². The van der Waals surface area contributed by atoms with Gasteiger partial charge in [0.2, 0.25) is 5.78 Å². The fraction of sp³-hybridized carbons (Fsp3) is 0.0909. The van der Waals surface area contributed by atoms with Gasteiger partial charge in [-0.1, -0.05) is 29.8 Å². The average molecular weight is 301 g/mol. The summed E-state index contributed by atoms with van der Waals surface area (Å²) in [7, 11) is 1.10. The van der Waals surface area contributed by atoms with Crippen molar-refractivity contribution >= 4 is 64.5 Å². The van der Waals surface area contributed by atoms with Crippen LogP contribution in [0.3, 0.4) is 0 Å². The van der Waals surface area contributed by atoms with E-state index in [0.717, 1.165) is 19.2 Å². The van der Waals surface area contributed by atoms with E-state index in [-0.39, 0.29) is 45.2 Å². The fourth-order valence-corrected chi connectivity index (χ4v) is 1.54. The van der Waals surface area contributed by atoms with Gasteiger partial charge in [0.1, 0.15) is 11.4 Å². The molecule has 0 aliphatic rings. The van der Waals surface area contributed by atoms with Gasteiger partial charge in [0.15, 0.2) is 0 Å². The van der Waals surface area contributed by atoms with Crippen molar-refractivity contribution in [3.8, 4) is 0 Å². The van der Waals surface area contributed by atoms with E-state index in [1.807, 2.05) is 0 Å². The number of rotatable bonds is 3. The number of halogens is 3. The summed E-state index contributed by atoms with van der Waals surface area (Å²) in [5, 5.41) is -0.276. The van der Waals surface area contributed by atoms with Crippen molar-refractivity contribution in [2.24, 2.45) is 0 Å². The predicted octanol–water partition coefficient (Wildman–Crippen LogP) is 2.40. The van der Waals surface area contributed by atoms with Crippen molar-refractivity contribution in [3.63, 3.8) is 0 Å². The molecule has 0 fully saturated rings. The van der Waals surface area contributed by atoms with E-state index >= 15 is 0 Å². The van der Waals surface area contributed by atoms with E-state index < -0.39 is 23.1 Å². The van der Waals surface area contributed by atoms with Gasteiger partial charge in [-0.3, -0.25) is 4.79 Å². The monoisotopic (exact) mass is 300 g/mol. The van der Waals surface area contributed by atoms with Crippen LogP contribution < -0.4 is 0 Å². The molecule has 1 aromatic carbocycles. The quantitative estimate of drug-likeness (QED) is 0.164. The molecule has 0 amide bonds. The molecule has 0 aliphatic heterocycles. The summed E-state index contributed by atoms with van der Waals surface area (Å²) in [6, 6.07) is 1.93. The molecule has 92 valence electrons. The first kappa shape index (κ1) is 17.6. The minimum absolute atomic E-state index is 0. The second-order valence-corrected chi connectivity index (χ2v) is 3.86. The van der Waals surface area contributed by atoms with E-state index in [0.29, 0.717) is 0 Å². The summed E-state index contributed by atoms with van der Waals surface area (Å²) in [5.41, 5.74) is -0.625. The van der Waals surface area contributed by atoms with Gasteiger partial charge in [-0.25, -0.2) is 9.18 Å². The summed E-state index contributed by atoms with van der Waals surface area (Å²) in [5.74, 6) is -2.52. The van der Waals surface area contributed by atoms with Gasteiger partial charge < -0.3 is 4.74 Å². The van der Waals surface area contributed by atoms with E-state index in [2.05, 4.69) is 11.3 Å². The second kappa shape index (κ2) is 7.26. The van der Waals surface area contributed by atoms with Crippen LogP contribution >= 0.6 is 23.2 Å². The fourth-order valence-electron chi connectivity index (χ4n) is 1.08. The number of carbonyl (C=O) groups is 2. The van der Waals surface area contributed by atoms with E-state index in [1.165, 1.54) is 0 Å². The molecule has 0 heterocycles. The van der Waals surface area contributed by atoms with Crippen LogP contribution in [0.5, 0.6) is 0 Å². The Bertz CT molecular complexity index is 517. The van der Waals surface area contributed by atoms with Crippen LogP contribution in [-0.4, -0.2) is 48.4 Å². The molecule has 0 saturated carbocycles. The predicted molar refractivity (Wildman–Crippen MR) is 69.1 cm³/mol. The maximum absolute atomic E-state index is 13.2. The number of hydrogen-bond acceptors (Lipinski definition) is 3. The summed E-state index contributed by atoms with van der Waals surface area (Å²) in [6.45, 7) is 3.26. The first-order valence-corrected chi connectivity index (χ1v) is 5.10. The normalized spacial score (nSPS) is 9.33. The Labute approximate surface area is 135 Å². The Morgan fingerprint density at radius 1 is 1.28 bits per heavy atom. The zero-order valence-corrected chi connectivity index (χ0v) is 10.2. The molecule has 3 nitrogen and oxygen atoms in total. The van der Waals surface area contributed by atoms with Crippen LogP contribution in [0.25, 0.3) is 0 Å². The molecule has 0 aliphatic carbocycles. The topological polar surface area (TPSA) is 43.4 Å². The molecule has 18 heavy (non-hydrogen) atoms. The maximum atomic E-state index is 13.2. The molecular weight excluding hydrogens is 293 g/mol. The van der Waals surface area contributed by atoms with Gasteiger partial charge in [0.05, 0.1) is 17.2 Å². The number of Topliss-reactive ketones (excluding diaryl/α,β-unsaturated/α-hetero) is 1. The van der Waals surface area contributed by atoms with E-state index in [4.69, 9.17) is 23.2 Å². The Balaban J connectivity index is 0.00000289. The molecule has 0 aromatic heterocycles. The minimum atomic E-state index is -0.901. The van der Waals surface area contributed by atoms with E-state index in [1.54, 1.807) is 0 Å². The SMILES string of the molecule is C=C(C(=O)OC)C(=O)c1cc(F)c(Cl)cc1Cl.[NaH]. The first-order valence-electron chi connectivity index (χ1n) is 4.35. The van der Waals surface area contributed by atoms with Crippen molar-refractivity contribution in [2.45, 2.75) is 0 Å². The van der Waals surface area contributed by atoms with Gasteiger partial charge in [-0.15, -0.1) is 0 Å². The molecule has 1 aromatic rings. The number of ketones is 1. The summed E-state index contributed by atoms with van der Waals surface area (Å²) >= 11 is 11.2. The number of methoxy groups -OCH3 is 1. The van der Waals surface area contributed by atoms with Crippen LogP contribution in [0, 0.1) is 5.82 Å². The Morgan fingerprint density at radius 2 is 1.83 bits per heavy atom. The summed E-state index contributed by atoms with van der Waals surface area (Å²) in [4.78, 5) is 22.8. The number of hydrogen-bond donors (Lipinski definition) is 0. The molecule has 7 heteroatoms. The molecule has 0 saturated heterocycles. The molecule has 0 atom stereocenters. The van der Waals surface area contributed by atoms with Crippen LogP contribution in [0.2, 0.25) is 10.0 Å². The van der Waals surface area contributed by atoms with Crippen molar-refractivity contribution < 1.29 is 18.7 Å². The van der Waals surface area contributed by atoms with Crippen LogP contribution in [0.1, 0.15) is 10.4 Å². The van der Waals surface area contributed by atoms with Crippen LogP contribution in [0.15, 0.2) is 24.3 Å². The van der Waals surface area contributed by atoms with Gasteiger partial charge in [-0.05, 0) is 12.1 Å². The standard InChI is InChI=1S/C11H7Cl2FO3.Na.H/c1-5(11(16)17-2)10(15)6-3-9(14)8(13)4-7(6)12;;/h3-4H,1H2,2H3;;. The van der Waals surface area contributed by atoms with Gasteiger partial charge >= 0.3 is 35.5 Å². The number of ether oxygens (including phenoxy) is 1. The molecule has 0 spiro atoms. The molecule has 0 N–H and O–H groups in total. The number of carbonyl (C=O) groups excluding carboxylic acids is 2. The van der Waals surface area contributed by atoms with E-state index in [9.17, 15) is 14.0 Å². The summed E-state index contributed by atoms with van der Waals surface area (Å²) < 4.78 is 17.5. The molecule has 1 rings (SSSR count). The van der Waals surface area contributed by atoms with Gasteiger partial charge in [-0.2, -0.15) is 0 Å². The third-order valence-corrected chi connectivity index (χ3v) is 2.56. The molecule has 0 bridgehead atoms. The second-order valence-electron chi connectivity index (χ2n) is 3.05. The molecule has 0 radical (unpaired) electrons. The van der Waals surface area contributed by atoms with Crippen molar-refractivity contribution in [2.75, 3.05) is 7.11 Å².